The van der Waals surface area contributed by atoms with Gasteiger partial charge in [-0.15, -0.1) is 10.2 Å². The predicted molar refractivity (Wildman–Crippen MR) is 104 cm³/mol. The summed E-state index contributed by atoms with van der Waals surface area (Å²) in [6, 6.07) is 15.2. The molecule has 0 saturated carbocycles. The van der Waals surface area contributed by atoms with E-state index in [0.717, 1.165) is 17.8 Å². The molecule has 0 aliphatic carbocycles. The highest BCUT2D eigenvalue weighted by atomic mass is 32.2. The minimum atomic E-state index is 0.0138. The van der Waals surface area contributed by atoms with E-state index in [-0.39, 0.29) is 11.5 Å². The summed E-state index contributed by atoms with van der Waals surface area (Å²) in [7, 11) is 1.91. The van der Waals surface area contributed by atoms with E-state index in [9.17, 15) is 4.79 Å². The van der Waals surface area contributed by atoms with Crippen molar-refractivity contribution >= 4 is 17.5 Å². The summed E-state index contributed by atoms with van der Waals surface area (Å²) < 4.78 is 13.2. The number of rotatable bonds is 5. The molecular formula is C20H19N3O3S. The molecule has 1 aliphatic rings. The molecule has 6 nitrogen and oxygen atoms in total. The highest BCUT2D eigenvalue weighted by Crippen LogP contribution is 2.31. The van der Waals surface area contributed by atoms with Crippen molar-refractivity contribution < 1.29 is 14.3 Å². The second-order valence-corrected chi connectivity index (χ2v) is 7.10. The number of Topliss-reactive ketones (excluding diaryl/α,β-unsaturated/α-hetero) is 1. The summed E-state index contributed by atoms with van der Waals surface area (Å²) in [6.45, 7) is 1.23. The summed E-state index contributed by atoms with van der Waals surface area (Å²) in [5, 5.41) is 9.17. The number of hydrogen-bond acceptors (Lipinski definition) is 6. The van der Waals surface area contributed by atoms with Gasteiger partial charge in [0, 0.05) is 24.6 Å². The van der Waals surface area contributed by atoms with Gasteiger partial charge >= 0.3 is 0 Å². The number of carbonyl (C=O) groups excluding carboxylic acids is 1. The van der Waals surface area contributed by atoms with E-state index in [0.29, 0.717) is 35.4 Å². The third-order valence-electron chi connectivity index (χ3n) is 4.27. The molecule has 0 spiro atoms. The number of ether oxygens (including phenoxy) is 2. The summed E-state index contributed by atoms with van der Waals surface area (Å²) in [5.41, 5.74) is 1.60. The van der Waals surface area contributed by atoms with E-state index in [1.54, 1.807) is 18.2 Å². The highest BCUT2D eigenvalue weighted by Gasteiger charge is 2.16. The lowest BCUT2D eigenvalue weighted by Crippen LogP contribution is -2.05. The lowest BCUT2D eigenvalue weighted by molar-refractivity contribution is 0.102. The molecule has 27 heavy (non-hydrogen) atoms. The Morgan fingerprint density at radius 2 is 1.85 bits per heavy atom. The summed E-state index contributed by atoms with van der Waals surface area (Å²) in [4.78, 5) is 12.6. The normalized spacial score (nSPS) is 13.2. The molecule has 1 aromatic heterocycles. The van der Waals surface area contributed by atoms with Crippen LogP contribution in [-0.4, -0.2) is 39.5 Å². The molecule has 0 fully saturated rings. The number of aromatic nitrogens is 3. The summed E-state index contributed by atoms with van der Waals surface area (Å²) in [5.74, 6) is 2.40. The average molecular weight is 381 g/mol. The monoisotopic (exact) mass is 381 g/mol. The Bertz CT molecular complexity index is 956. The van der Waals surface area contributed by atoms with Crippen LogP contribution in [-0.2, 0) is 7.05 Å². The van der Waals surface area contributed by atoms with Crippen molar-refractivity contribution in [2.45, 2.75) is 11.6 Å². The van der Waals surface area contributed by atoms with E-state index in [1.165, 1.54) is 11.8 Å². The zero-order chi connectivity index (χ0) is 18.6. The first-order valence-corrected chi connectivity index (χ1v) is 9.71. The lowest BCUT2D eigenvalue weighted by atomic mass is 10.1. The smallest absolute Gasteiger partial charge is 0.191 e. The van der Waals surface area contributed by atoms with Crippen LogP contribution in [0.2, 0.25) is 0 Å². The molecule has 0 N–H and O–H groups in total. The largest absolute Gasteiger partial charge is 0.490 e. The Balaban J connectivity index is 1.46. The second kappa shape index (κ2) is 7.84. The van der Waals surface area contributed by atoms with Gasteiger partial charge in [0.25, 0.3) is 0 Å². The number of fused-ring (bicyclic) bond motifs is 1. The van der Waals surface area contributed by atoms with E-state index < -0.39 is 0 Å². The zero-order valence-electron chi connectivity index (χ0n) is 14.9. The fourth-order valence-electron chi connectivity index (χ4n) is 2.83. The number of carbonyl (C=O) groups is 1. The van der Waals surface area contributed by atoms with Crippen molar-refractivity contribution in [1.29, 1.82) is 0 Å². The third kappa shape index (κ3) is 3.83. The van der Waals surface area contributed by atoms with Gasteiger partial charge in [0.2, 0.25) is 0 Å². The molecule has 3 aromatic rings. The Hall–Kier alpha value is -2.80. The summed E-state index contributed by atoms with van der Waals surface area (Å²) in [6.07, 6.45) is 0.837. The molecule has 0 bridgehead atoms. The van der Waals surface area contributed by atoms with Crippen LogP contribution in [0.4, 0.5) is 0 Å². The van der Waals surface area contributed by atoms with Crippen molar-refractivity contribution in [3.05, 3.63) is 54.1 Å². The van der Waals surface area contributed by atoms with Gasteiger partial charge in [0.1, 0.15) is 0 Å². The number of hydrogen-bond donors (Lipinski definition) is 0. The van der Waals surface area contributed by atoms with Crippen LogP contribution < -0.4 is 9.47 Å². The SMILES string of the molecule is Cn1c(SCC(=O)c2ccc3c(c2)OCCCO3)nnc1-c1ccccc1. The molecule has 138 valence electrons. The fraction of sp³-hybridized carbons (Fsp3) is 0.250. The van der Waals surface area contributed by atoms with E-state index in [1.807, 2.05) is 41.9 Å². The van der Waals surface area contributed by atoms with Crippen molar-refractivity contribution in [3.8, 4) is 22.9 Å². The molecular weight excluding hydrogens is 362 g/mol. The Morgan fingerprint density at radius 1 is 1.07 bits per heavy atom. The van der Waals surface area contributed by atoms with E-state index in [2.05, 4.69) is 10.2 Å². The number of nitrogens with zero attached hydrogens (tertiary/aromatic N) is 3. The molecule has 0 amide bonds. The van der Waals surface area contributed by atoms with Crippen LogP contribution in [0, 0.1) is 0 Å². The third-order valence-corrected chi connectivity index (χ3v) is 5.29. The molecule has 2 heterocycles. The van der Waals surface area contributed by atoms with Gasteiger partial charge < -0.3 is 14.0 Å². The molecule has 1 aliphatic heterocycles. The van der Waals surface area contributed by atoms with Gasteiger partial charge in [-0.1, -0.05) is 42.1 Å². The molecule has 7 heteroatoms. The van der Waals surface area contributed by atoms with Crippen molar-refractivity contribution in [1.82, 2.24) is 14.8 Å². The maximum Gasteiger partial charge on any atom is 0.191 e. The Labute approximate surface area is 161 Å². The van der Waals surface area contributed by atoms with Crippen LogP contribution in [0.3, 0.4) is 0 Å². The second-order valence-electron chi connectivity index (χ2n) is 6.16. The number of benzene rings is 2. The Morgan fingerprint density at radius 3 is 2.67 bits per heavy atom. The Kier molecular flexibility index (Phi) is 5.11. The maximum atomic E-state index is 12.6. The first-order chi connectivity index (χ1) is 13.2. The van der Waals surface area contributed by atoms with E-state index >= 15 is 0 Å². The standard InChI is InChI=1S/C20H19N3O3S/c1-23-19(14-6-3-2-4-7-14)21-22-20(23)27-13-16(24)15-8-9-17-18(12-15)26-11-5-10-25-17/h2-4,6-9,12H,5,10-11,13H2,1H3. The van der Waals surface area contributed by atoms with Crippen LogP contribution in [0.25, 0.3) is 11.4 Å². The van der Waals surface area contributed by atoms with Crippen molar-refractivity contribution in [3.63, 3.8) is 0 Å². The zero-order valence-corrected chi connectivity index (χ0v) is 15.7. The molecule has 0 radical (unpaired) electrons. The van der Waals surface area contributed by atoms with E-state index in [4.69, 9.17) is 9.47 Å². The topological polar surface area (TPSA) is 66.2 Å². The molecule has 0 atom stereocenters. The first kappa shape index (κ1) is 17.6. The van der Waals surface area contributed by atoms with Gasteiger partial charge in [0.15, 0.2) is 28.3 Å². The van der Waals surface area contributed by atoms with Crippen LogP contribution >= 0.6 is 11.8 Å². The predicted octanol–water partition coefficient (Wildman–Crippen LogP) is 3.62. The molecule has 2 aromatic carbocycles. The number of ketones is 1. The minimum absolute atomic E-state index is 0.0138. The first-order valence-electron chi connectivity index (χ1n) is 8.73. The average Bonchev–Trinajstić information content (AvgIpc) is 2.91. The minimum Gasteiger partial charge on any atom is -0.490 e. The van der Waals surface area contributed by atoms with Gasteiger partial charge in [-0.2, -0.15) is 0 Å². The molecule has 0 unspecified atom stereocenters. The van der Waals surface area contributed by atoms with Crippen LogP contribution in [0.15, 0.2) is 53.7 Å². The van der Waals surface area contributed by atoms with Crippen LogP contribution in [0.5, 0.6) is 11.5 Å². The van der Waals surface area contributed by atoms with Gasteiger partial charge in [-0.25, -0.2) is 0 Å². The molecule has 4 rings (SSSR count). The number of thioether (sulfide) groups is 1. The fourth-order valence-corrected chi connectivity index (χ4v) is 3.63. The maximum absolute atomic E-state index is 12.6. The van der Waals surface area contributed by atoms with Crippen molar-refractivity contribution in [2.75, 3.05) is 19.0 Å². The highest BCUT2D eigenvalue weighted by molar-refractivity contribution is 7.99. The van der Waals surface area contributed by atoms with Gasteiger partial charge in [0.05, 0.1) is 19.0 Å². The van der Waals surface area contributed by atoms with Crippen molar-refractivity contribution in [2.24, 2.45) is 7.05 Å². The molecule has 0 saturated heterocycles. The lowest BCUT2D eigenvalue weighted by Gasteiger charge is -2.09. The quantitative estimate of drug-likeness (QED) is 0.497. The van der Waals surface area contributed by atoms with Gasteiger partial charge in [-0.05, 0) is 18.2 Å². The van der Waals surface area contributed by atoms with Gasteiger partial charge in [-0.3, -0.25) is 4.79 Å². The summed E-state index contributed by atoms with van der Waals surface area (Å²) >= 11 is 1.37. The van der Waals surface area contributed by atoms with Crippen LogP contribution in [0.1, 0.15) is 16.8 Å².